The zero-order valence-corrected chi connectivity index (χ0v) is 7.29. The van der Waals surface area contributed by atoms with Crippen LogP contribution in [0.2, 0.25) is 0 Å². The first-order valence-electron chi connectivity index (χ1n) is 4.53. The average Bonchev–Trinajstić information content (AvgIpc) is 2.05. The molecule has 1 rings (SSSR count). The Labute approximate surface area is 75.3 Å². The molecular formula is C8H13F2NO2. The second-order valence-corrected chi connectivity index (χ2v) is 3.47. The number of rotatable bonds is 1. The summed E-state index contributed by atoms with van der Waals surface area (Å²) in [5, 5.41) is 10.4. The quantitative estimate of drug-likeness (QED) is 0.473. The Morgan fingerprint density at radius 1 is 1.15 bits per heavy atom. The van der Waals surface area contributed by atoms with Crippen LogP contribution in [0.1, 0.15) is 32.1 Å². The summed E-state index contributed by atoms with van der Waals surface area (Å²) in [5.74, 6) is 0. The Bertz CT molecular complexity index is 189. The monoisotopic (exact) mass is 193 g/mol. The lowest BCUT2D eigenvalue weighted by Crippen LogP contribution is -2.32. The molecule has 0 aromatic rings. The minimum atomic E-state index is -1.48. The third kappa shape index (κ3) is 2.90. The van der Waals surface area contributed by atoms with Crippen molar-refractivity contribution in [3.05, 3.63) is 10.1 Å². The van der Waals surface area contributed by atoms with E-state index in [0.29, 0.717) is 12.8 Å². The SMILES string of the molecule is O=[N+]([O-])C1CCCC(F)CCC1F. The zero-order valence-electron chi connectivity index (χ0n) is 7.29. The Kier molecular flexibility index (Phi) is 3.57. The number of nitrogens with zero attached hydrogens (tertiary/aromatic N) is 1. The molecule has 76 valence electrons. The lowest BCUT2D eigenvalue weighted by Gasteiger charge is -2.18. The Morgan fingerprint density at radius 3 is 2.46 bits per heavy atom. The highest BCUT2D eigenvalue weighted by atomic mass is 19.1. The summed E-state index contributed by atoms with van der Waals surface area (Å²) in [6.07, 6.45) is -1.46. The van der Waals surface area contributed by atoms with E-state index in [2.05, 4.69) is 0 Å². The molecular weight excluding hydrogens is 180 g/mol. The van der Waals surface area contributed by atoms with Gasteiger partial charge in [0.15, 0.2) is 6.17 Å². The molecule has 5 heteroatoms. The zero-order chi connectivity index (χ0) is 9.84. The van der Waals surface area contributed by atoms with Crippen LogP contribution in [0.15, 0.2) is 0 Å². The lowest BCUT2D eigenvalue weighted by atomic mass is 9.95. The van der Waals surface area contributed by atoms with Crippen molar-refractivity contribution in [2.75, 3.05) is 0 Å². The summed E-state index contributed by atoms with van der Waals surface area (Å²) in [6.45, 7) is 0. The molecule has 0 bridgehead atoms. The highest BCUT2D eigenvalue weighted by molar-refractivity contribution is 4.74. The first-order valence-corrected chi connectivity index (χ1v) is 4.53. The molecule has 3 atom stereocenters. The van der Waals surface area contributed by atoms with E-state index in [-0.39, 0.29) is 19.3 Å². The van der Waals surface area contributed by atoms with E-state index < -0.39 is 23.3 Å². The second kappa shape index (κ2) is 4.48. The van der Waals surface area contributed by atoms with Gasteiger partial charge in [0.25, 0.3) is 0 Å². The molecule has 0 heterocycles. The first-order chi connectivity index (χ1) is 6.11. The van der Waals surface area contributed by atoms with Gasteiger partial charge in [0, 0.05) is 11.3 Å². The van der Waals surface area contributed by atoms with Crippen molar-refractivity contribution < 1.29 is 13.7 Å². The standard InChI is InChI=1S/C8H13F2NO2/c9-6-2-1-3-8(11(12)13)7(10)5-4-6/h6-8H,1-5H2. The molecule has 0 aromatic heterocycles. The minimum Gasteiger partial charge on any atom is -0.264 e. The number of alkyl halides is 2. The molecule has 0 amide bonds. The summed E-state index contributed by atoms with van der Waals surface area (Å²) < 4.78 is 25.9. The first kappa shape index (κ1) is 10.3. The fourth-order valence-electron chi connectivity index (χ4n) is 1.64. The van der Waals surface area contributed by atoms with Gasteiger partial charge < -0.3 is 0 Å². The van der Waals surface area contributed by atoms with Gasteiger partial charge in [-0.2, -0.15) is 0 Å². The predicted molar refractivity (Wildman–Crippen MR) is 43.7 cm³/mol. The van der Waals surface area contributed by atoms with Crippen LogP contribution in [-0.4, -0.2) is 23.3 Å². The fraction of sp³-hybridized carbons (Fsp3) is 1.00. The fourth-order valence-corrected chi connectivity index (χ4v) is 1.64. The smallest absolute Gasteiger partial charge is 0.243 e. The topological polar surface area (TPSA) is 43.1 Å². The molecule has 3 unspecified atom stereocenters. The largest absolute Gasteiger partial charge is 0.264 e. The van der Waals surface area contributed by atoms with E-state index in [9.17, 15) is 18.9 Å². The molecule has 1 aliphatic rings. The van der Waals surface area contributed by atoms with Gasteiger partial charge in [0.1, 0.15) is 6.17 Å². The van der Waals surface area contributed by atoms with Crippen LogP contribution in [0, 0.1) is 10.1 Å². The van der Waals surface area contributed by atoms with E-state index >= 15 is 0 Å². The molecule has 13 heavy (non-hydrogen) atoms. The molecule has 1 aliphatic carbocycles. The molecule has 0 aromatic carbocycles. The van der Waals surface area contributed by atoms with Crippen LogP contribution < -0.4 is 0 Å². The van der Waals surface area contributed by atoms with Crippen LogP contribution in [0.25, 0.3) is 0 Å². The van der Waals surface area contributed by atoms with Gasteiger partial charge >= 0.3 is 0 Å². The summed E-state index contributed by atoms with van der Waals surface area (Å²) >= 11 is 0. The number of hydrogen-bond acceptors (Lipinski definition) is 2. The summed E-state index contributed by atoms with van der Waals surface area (Å²) in [6, 6.07) is -1.12. The molecule has 3 nitrogen and oxygen atoms in total. The van der Waals surface area contributed by atoms with E-state index in [1.165, 1.54) is 0 Å². The molecule has 0 radical (unpaired) electrons. The lowest BCUT2D eigenvalue weighted by molar-refractivity contribution is -0.532. The number of halogens is 2. The van der Waals surface area contributed by atoms with Crippen LogP contribution in [-0.2, 0) is 0 Å². The summed E-state index contributed by atoms with van der Waals surface area (Å²) in [5.41, 5.74) is 0. The Balaban J connectivity index is 2.51. The van der Waals surface area contributed by atoms with Gasteiger partial charge in [0.2, 0.25) is 6.04 Å². The van der Waals surface area contributed by atoms with Gasteiger partial charge in [-0.3, -0.25) is 10.1 Å². The maximum Gasteiger partial charge on any atom is 0.243 e. The van der Waals surface area contributed by atoms with Crippen molar-refractivity contribution in [3.8, 4) is 0 Å². The van der Waals surface area contributed by atoms with Crippen molar-refractivity contribution in [1.82, 2.24) is 0 Å². The molecule has 1 saturated carbocycles. The molecule has 0 saturated heterocycles. The molecule has 0 N–H and O–H groups in total. The summed E-state index contributed by atoms with van der Waals surface area (Å²) in [7, 11) is 0. The van der Waals surface area contributed by atoms with Gasteiger partial charge in [0.05, 0.1) is 0 Å². The maximum atomic E-state index is 13.1. The Hall–Kier alpha value is -0.740. The van der Waals surface area contributed by atoms with Gasteiger partial charge in [-0.1, -0.05) is 0 Å². The maximum absolute atomic E-state index is 13.1. The van der Waals surface area contributed by atoms with E-state index in [1.54, 1.807) is 0 Å². The van der Waals surface area contributed by atoms with Crippen LogP contribution >= 0.6 is 0 Å². The van der Waals surface area contributed by atoms with Crippen LogP contribution in [0.3, 0.4) is 0 Å². The highest BCUT2D eigenvalue weighted by Crippen LogP contribution is 2.23. The third-order valence-electron chi connectivity index (χ3n) is 2.46. The third-order valence-corrected chi connectivity index (χ3v) is 2.46. The normalized spacial score (nSPS) is 36.3. The number of nitro groups is 1. The second-order valence-electron chi connectivity index (χ2n) is 3.47. The Morgan fingerprint density at radius 2 is 1.85 bits per heavy atom. The molecule has 0 spiro atoms. The predicted octanol–water partition coefficient (Wildman–Crippen LogP) is 2.27. The van der Waals surface area contributed by atoms with Gasteiger partial charge in [-0.05, 0) is 25.7 Å². The van der Waals surface area contributed by atoms with E-state index in [4.69, 9.17) is 0 Å². The number of hydrogen-bond donors (Lipinski definition) is 0. The molecule has 0 aliphatic heterocycles. The van der Waals surface area contributed by atoms with Crippen LogP contribution in [0.5, 0.6) is 0 Å². The average molecular weight is 193 g/mol. The minimum absolute atomic E-state index is 0.0210. The van der Waals surface area contributed by atoms with E-state index in [1.807, 2.05) is 0 Å². The van der Waals surface area contributed by atoms with Crippen molar-refractivity contribution in [1.29, 1.82) is 0 Å². The van der Waals surface area contributed by atoms with E-state index in [0.717, 1.165) is 0 Å². The van der Waals surface area contributed by atoms with Crippen molar-refractivity contribution in [2.24, 2.45) is 0 Å². The molecule has 1 fully saturated rings. The van der Waals surface area contributed by atoms with Crippen molar-refractivity contribution in [2.45, 2.75) is 50.5 Å². The van der Waals surface area contributed by atoms with Crippen molar-refractivity contribution >= 4 is 0 Å². The van der Waals surface area contributed by atoms with Gasteiger partial charge in [-0.25, -0.2) is 8.78 Å². The van der Waals surface area contributed by atoms with Gasteiger partial charge in [-0.15, -0.1) is 0 Å². The van der Waals surface area contributed by atoms with Crippen LogP contribution in [0.4, 0.5) is 8.78 Å². The highest BCUT2D eigenvalue weighted by Gasteiger charge is 2.33. The summed E-state index contributed by atoms with van der Waals surface area (Å²) in [4.78, 5) is 9.80. The van der Waals surface area contributed by atoms with Crippen molar-refractivity contribution in [3.63, 3.8) is 0 Å².